The average Bonchev–Trinajstić information content (AvgIpc) is 3.20. The van der Waals surface area contributed by atoms with Gasteiger partial charge in [-0.3, -0.25) is 4.90 Å². The smallest absolute Gasteiger partial charge is 0.156 e. The summed E-state index contributed by atoms with van der Waals surface area (Å²) in [6.45, 7) is 5.82. The number of hydrogen-bond donors (Lipinski definition) is 0. The zero-order valence-corrected chi connectivity index (χ0v) is 16.5. The molecule has 29 heavy (non-hydrogen) atoms. The fourth-order valence-corrected chi connectivity index (χ4v) is 4.35. The highest BCUT2D eigenvalue weighted by atomic mass is 19.1. The van der Waals surface area contributed by atoms with Crippen LogP contribution in [0.1, 0.15) is 30.1 Å². The molecule has 2 aliphatic rings. The normalized spacial score (nSPS) is 21.0. The average molecular weight is 395 g/mol. The van der Waals surface area contributed by atoms with E-state index in [0.717, 1.165) is 75.0 Å². The number of piperidine rings is 1. The molecule has 3 aromatic rings. The first-order valence-electron chi connectivity index (χ1n) is 10.4. The molecule has 2 saturated heterocycles. The number of anilines is 1. The predicted molar refractivity (Wildman–Crippen MR) is 110 cm³/mol. The molecule has 5 rings (SSSR count). The Hall–Kier alpha value is -2.51. The van der Waals surface area contributed by atoms with Crippen LogP contribution in [0.5, 0.6) is 0 Å². The molecule has 7 heteroatoms. The van der Waals surface area contributed by atoms with E-state index in [9.17, 15) is 4.39 Å². The molecule has 2 aliphatic heterocycles. The first-order valence-corrected chi connectivity index (χ1v) is 10.4. The number of rotatable bonds is 4. The van der Waals surface area contributed by atoms with E-state index in [-0.39, 0.29) is 11.7 Å². The fraction of sp³-hybridized carbons (Fsp3) is 0.455. The summed E-state index contributed by atoms with van der Waals surface area (Å²) in [5.74, 6) is 1.04. The van der Waals surface area contributed by atoms with Gasteiger partial charge < -0.3 is 9.64 Å². The van der Waals surface area contributed by atoms with Crippen molar-refractivity contribution in [3.8, 4) is 0 Å². The van der Waals surface area contributed by atoms with Crippen LogP contribution in [0, 0.1) is 5.82 Å². The molecule has 2 fully saturated rings. The van der Waals surface area contributed by atoms with Crippen LogP contribution in [-0.4, -0.2) is 58.9 Å². The summed E-state index contributed by atoms with van der Waals surface area (Å²) in [4.78, 5) is 9.43. The third kappa shape index (κ3) is 3.97. The maximum Gasteiger partial charge on any atom is 0.156 e. The summed E-state index contributed by atoms with van der Waals surface area (Å²) < 4.78 is 21.4. The molecular weight excluding hydrogens is 369 g/mol. The summed E-state index contributed by atoms with van der Waals surface area (Å²) in [5, 5.41) is 4.80. The largest absolute Gasteiger partial charge is 0.378 e. The van der Waals surface area contributed by atoms with Crippen LogP contribution >= 0.6 is 0 Å². The minimum absolute atomic E-state index is 0.129. The summed E-state index contributed by atoms with van der Waals surface area (Å²) in [7, 11) is 0. The number of hydrogen-bond acceptors (Lipinski definition) is 5. The van der Waals surface area contributed by atoms with Gasteiger partial charge in [0.2, 0.25) is 0 Å². The van der Waals surface area contributed by atoms with Gasteiger partial charge in [-0.15, -0.1) is 0 Å². The molecule has 0 radical (unpaired) electrons. The van der Waals surface area contributed by atoms with Crippen molar-refractivity contribution in [2.24, 2.45) is 0 Å². The highest BCUT2D eigenvalue weighted by molar-refractivity contribution is 5.51. The lowest BCUT2D eigenvalue weighted by molar-refractivity contribution is 0.122. The number of likely N-dealkylation sites (tertiary alicyclic amines) is 1. The van der Waals surface area contributed by atoms with Crippen LogP contribution in [-0.2, 0) is 11.3 Å². The van der Waals surface area contributed by atoms with Crippen molar-refractivity contribution >= 4 is 11.3 Å². The second-order valence-corrected chi connectivity index (χ2v) is 7.93. The molecule has 4 heterocycles. The number of fused-ring (bicyclic) bond motifs is 1. The van der Waals surface area contributed by atoms with Crippen molar-refractivity contribution in [1.29, 1.82) is 0 Å². The van der Waals surface area contributed by atoms with Crippen LogP contribution in [0.3, 0.4) is 0 Å². The Morgan fingerprint density at radius 2 is 1.93 bits per heavy atom. The van der Waals surface area contributed by atoms with Crippen molar-refractivity contribution in [2.75, 3.05) is 44.3 Å². The summed E-state index contributed by atoms with van der Waals surface area (Å²) in [6.07, 6.45) is 4.21. The van der Waals surface area contributed by atoms with Gasteiger partial charge in [-0.05, 0) is 37.6 Å². The van der Waals surface area contributed by atoms with Crippen molar-refractivity contribution < 1.29 is 9.13 Å². The van der Waals surface area contributed by atoms with E-state index >= 15 is 0 Å². The first kappa shape index (κ1) is 18.5. The fourth-order valence-electron chi connectivity index (χ4n) is 4.35. The number of pyridine rings is 1. The van der Waals surface area contributed by atoms with E-state index in [0.29, 0.717) is 6.54 Å². The highest BCUT2D eigenvalue weighted by Gasteiger charge is 2.25. The molecule has 0 amide bonds. The molecule has 0 spiro atoms. The molecule has 1 atom stereocenters. The van der Waals surface area contributed by atoms with Gasteiger partial charge in [-0.2, -0.15) is 5.10 Å². The second-order valence-electron chi connectivity index (χ2n) is 7.93. The minimum Gasteiger partial charge on any atom is -0.378 e. The highest BCUT2D eigenvalue weighted by Crippen LogP contribution is 2.27. The zero-order valence-electron chi connectivity index (χ0n) is 16.5. The van der Waals surface area contributed by atoms with Gasteiger partial charge >= 0.3 is 0 Å². The summed E-state index contributed by atoms with van der Waals surface area (Å²) in [5.41, 5.74) is 2.79. The Morgan fingerprint density at radius 3 is 2.79 bits per heavy atom. The van der Waals surface area contributed by atoms with Gasteiger partial charge in [-0.1, -0.05) is 18.2 Å². The van der Waals surface area contributed by atoms with Gasteiger partial charge in [0, 0.05) is 37.7 Å². The van der Waals surface area contributed by atoms with Crippen LogP contribution < -0.4 is 4.90 Å². The molecule has 2 aromatic heterocycles. The van der Waals surface area contributed by atoms with E-state index < -0.39 is 0 Å². The summed E-state index contributed by atoms with van der Waals surface area (Å²) >= 11 is 0. The molecule has 0 bridgehead atoms. The lowest BCUT2D eigenvalue weighted by Crippen LogP contribution is -2.36. The third-order valence-corrected chi connectivity index (χ3v) is 5.93. The van der Waals surface area contributed by atoms with E-state index in [2.05, 4.69) is 22.1 Å². The van der Waals surface area contributed by atoms with Gasteiger partial charge in [0.1, 0.15) is 5.82 Å². The molecule has 6 nitrogen and oxygen atoms in total. The number of morpholine rings is 1. The SMILES string of the molecule is Fc1ccccc1CN1CCC[C@@H](c2nc3ccc(N4CCOCC4)cn3n2)C1. The maximum absolute atomic E-state index is 14.0. The summed E-state index contributed by atoms with van der Waals surface area (Å²) in [6, 6.07) is 11.2. The molecule has 1 aromatic carbocycles. The molecule has 0 aliphatic carbocycles. The van der Waals surface area contributed by atoms with Crippen molar-refractivity contribution in [1.82, 2.24) is 19.5 Å². The molecule has 0 N–H and O–H groups in total. The minimum atomic E-state index is -0.129. The monoisotopic (exact) mass is 395 g/mol. The van der Waals surface area contributed by atoms with Gasteiger partial charge in [0.05, 0.1) is 25.1 Å². The van der Waals surface area contributed by atoms with Crippen molar-refractivity contribution in [2.45, 2.75) is 25.3 Å². The second kappa shape index (κ2) is 8.08. The van der Waals surface area contributed by atoms with Crippen LogP contribution in [0.25, 0.3) is 5.65 Å². The van der Waals surface area contributed by atoms with Gasteiger partial charge in [-0.25, -0.2) is 13.9 Å². The van der Waals surface area contributed by atoms with Gasteiger partial charge in [0.15, 0.2) is 11.5 Å². The number of halogens is 1. The third-order valence-electron chi connectivity index (χ3n) is 5.93. The molecule has 0 saturated carbocycles. The molecular formula is C22H26FN5O. The van der Waals surface area contributed by atoms with Crippen LogP contribution in [0.2, 0.25) is 0 Å². The maximum atomic E-state index is 14.0. The van der Waals surface area contributed by atoms with Crippen molar-refractivity contribution in [3.63, 3.8) is 0 Å². The quantitative estimate of drug-likeness (QED) is 0.679. The van der Waals surface area contributed by atoms with E-state index in [4.69, 9.17) is 14.8 Å². The first-order chi connectivity index (χ1) is 14.3. The Balaban J connectivity index is 1.32. The number of aromatic nitrogens is 3. The number of nitrogens with zero attached hydrogens (tertiary/aromatic N) is 5. The van der Waals surface area contributed by atoms with E-state index in [1.54, 1.807) is 6.07 Å². The zero-order chi connectivity index (χ0) is 19.6. The Labute approximate surface area is 169 Å². The Kier molecular flexibility index (Phi) is 5.16. The number of benzene rings is 1. The molecule has 0 unspecified atom stereocenters. The number of ether oxygens (including phenoxy) is 1. The predicted octanol–water partition coefficient (Wildman–Crippen LogP) is 3.08. The van der Waals surface area contributed by atoms with Crippen molar-refractivity contribution in [3.05, 3.63) is 59.8 Å². The topological polar surface area (TPSA) is 45.9 Å². The van der Waals surface area contributed by atoms with Crippen LogP contribution in [0.4, 0.5) is 10.1 Å². The lowest BCUT2D eigenvalue weighted by Gasteiger charge is -2.31. The van der Waals surface area contributed by atoms with E-state index in [1.807, 2.05) is 22.7 Å². The Bertz CT molecular complexity index is 984. The van der Waals surface area contributed by atoms with E-state index in [1.165, 1.54) is 6.07 Å². The molecule has 152 valence electrons. The lowest BCUT2D eigenvalue weighted by atomic mass is 9.97. The standard InChI is InChI=1S/C22H26FN5O/c23-20-6-2-1-4-17(20)14-26-9-3-5-18(15-26)22-24-21-8-7-19(16-28(21)25-22)27-10-12-29-13-11-27/h1-2,4,6-8,16,18H,3,5,9-15H2/t18-/m1/s1. The van der Waals surface area contributed by atoms with Crippen LogP contribution in [0.15, 0.2) is 42.6 Å². The van der Waals surface area contributed by atoms with Gasteiger partial charge in [0.25, 0.3) is 0 Å². The Morgan fingerprint density at radius 1 is 1.07 bits per heavy atom.